The topological polar surface area (TPSA) is 48.0 Å². The molecule has 6 heteroatoms. The molecule has 3 aliphatic rings. The Morgan fingerprint density at radius 2 is 1.88 bits per heavy atom. The van der Waals surface area contributed by atoms with Gasteiger partial charge in [0.2, 0.25) is 5.91 Å². The van der Waals surface area contributed by atoms with Crippen molar-refractivity contribution >= 4 is 14.2 Å². The number of hydrogen-bond donors (Lipinski definition) is 0. The Bertz CT molecular complexity index is 528. The molecule has 0 bridgehead atoms. The maximum absolute atomic E-state index is 12.7. The van der Waals surface area contributed by atoms with Crippen LogP contribution in [0, 0.1) is 5.92 Å². The van der Waals surface area contributed by atoms with Crippen molar-refractivity contribution < 1.29 is 18.7 Å². The van der Waals surface area contributed by atoms with Crippen molar-refractivity contribution in [1.29, 1.82) is 0 Å². The molecule has 0 aromatic heterocycles. The van der Waals surface area contributed by atoms with E-state index in [9.17, 15) is 4.79 Å². The van der Waals surface area contributed by atoms with Gasteiger partial charge in [-0.1, -0.05) is 27.7 Å². The molecule has 24 heavy (non-hydrogen) atoms. The van der Waals surface area contributed by atoms with Crippen LogP contribution in [0.4, 0.5) is 0 Å². The van der Waals surface area contributed by atoms with E-state index >= 15 is 0 Å². The summed E-state index contributed by atoms with van der Waals surface area (Å²) < 4.78 is 19.0. The summed E-state index contributed by atoms with van der Waals surface area (Å²) in [5, 5.41) is 0.146. The molecule has 1 amide bonds. The predicted molar refractivity (Wildman–Crippen MR) is 95.2 cm³/mol. The third-order valence-electron chi connectivity index (χ3n) is 6.22. The molecule has 3 saturated heterocycles. The van der Waals surface area contributed by atoms with Crippen LogP contribution in [0.3, 0.4) is 0 Å². The van der Waals surface area contributed by atoms with Crippen molar-refractivity contribution in [3.05, 3.63) is 0 Å². The SMILES string of the molecule is C[C@@H]1C[C@@H](O[Si](C)(C)C(C)(C)C)[C@@H]2[C@@H]3OC(C)(C)O[C@@H]3CN2C1=O. The van der Waals surface area contributed by atoms with E-state index in [0.29, 0.717) is 6.54 Å². The number of hydrogen-bond acceptors (Lipinski definition) is 4. The lowest BCUT2D eigenvalue weighted by molar-refractivity contribution is -0.178. The summed E-state index contributed by atoms with van der Waals surface area (Å²) in [7, 11) is -1.92. The van der Waals surface area contributed by atoms with E-state index in [1.807, 2.05) is 25.7 Å². The van der Waals surface area contributed by atoms with Crippen LogP contribution in [0.5, 0.6) is 0 Å². The molecule has 5 nitrogen and oxygen atoms in total. The monoisotopic (exact) mass is 355 g/mol. The van der Waals surface area contributed by atoms with Crippen LogP contribution in [0.1, 0.15) is 48.0 Å². The standard InChI is InChI=1S/C18H33NO4Si/c1-11-9-12(23-24(7,8)17(2,3)4)14-15-13(10-19(14)16(11)20)21-18(5,6)22-15/h11-15H,9-10H2,1-8H3/t11-,12-,13-,14-,15-/m1/s1. The molecule has 0 spiro atoms. The van der Waals surface area contributed by atoms with Gasteiger partial charge in [-0.15, -0.1) is 0 Å². The Labute approximate surface area is 147 Å². The summed E-state index contributed by atoms with van der Waals surface area (Å²) in [6, 6.07) is -0.0189. The van der Waals surface area contributed by atoms with Crippen molar-refractivity contribution in [3.63, 3.8) is 0 Å². The highest BCUT2D eigenvalue weighted by molar-refractivity contribution is 6.74. The van der Waals surface area contributed by atoms with Crippen molar-refractivity contribution in [3.8, 4) is 0 Å². The first-order chi connectivity index (χ1) is 10.8. The minimum Gasteiger partial charge on any atom is -0.412 e. The zero-order valence-electron chi connectivity index (χ0n) is 16.4. The maximum Gasteiger partial charge on any atom is 0.226 e. The van der Waals surface area contributed by atoms with Gasteiger partial charge in [0.25, 0.3) is 0 Å². The lowest BCUT2D eigenvalue weighted by atomic mass is 9.90. The van der Waals surface area contributed by atoms with E-state index in [-0.39, 0.29) is 41.2 Å². The van der Waals surface area contributed by atoms with E-state index in [0.717, 1.165) is 6.42 Å². The Hall–Kier alpha value is -0.433. The van der Waals surface area contributed by atoms with Gasteiger partial charge in [0.05, 0.1) is 18.7 Å². The van der Waals surface area contributed by atoms with Crippen molar-refractivity contribution in [2.75, 3.05) is 6.54 Å². The quantitative estimate of drug-likeness (QED) is 0.714. The van der Waals surface area contributed by atoms with Gasteiger partial charge in [-0.05, 0) is 38.4 Å². The second-order valence-electron chi connectivity index (χ2n) is 9.67. The van der Waals surface area contributed by atoms with E-state index in [4.69, 9.17) is 13.9 Å². The number of piperidine rings is 1. The molecule has 0 aromatic rings. The van der Waals surface area contributed by atoms with Crippen molar-refractivity contribution in [2.24, 2.45) is 5.92 Å². The van der Waals surface area contributed by atoms with Crippen LogP contribution in [-0.2, 0) is 18.7 Å². The minimum atomic E-state index is -1.92. The summed E-state index contributed by atoms with van der Waals surface area (Å²) in [6.07, 6.45) is 0.696. The Morgan fingerprint density at radius 1 is 1.25 bits per heavy atom. The molecule has 0 radical (unpaired) electrons. The third kappa shape index (κ3) is 2.95. The van der Waals surface area contributed by atoms with Gasteiger partial charge in [-0.2, -0.15) is 0 Å². The highest BCUT2D eigenvalue weighted by Crippen LogP contribution is 2.45. The molecule has 5 atom stereocenters. The van der Waals surface area contributed by atoms with Gasteiger partial charge in [0.1, 0.15) is 12.2 Å². The molecule has 138 valence electrons. The summed E-state index contributed by atoms with van der Waals surface area (Å²) in [4.78, 5) is 14.6. The summed E-state index contributed by atoms with van der Waals surface area (Å²) >= 11 is 0. The van der Waals surface area contributed by atoms with Crippen LogP contribution >= 0.6 is 0 Å². The molecule has 0 unspecified atom stereocenters. The van der Waals surface area contributed by atoms with Crippen molar-refractivity contribution in [2.45, 2.75) is 96.2 Å². The van der Waals surface area contributed by atoms with Gasteiger partial charge >= 0.3 is 0 Å². The van der Waals surface area contributed by atoms with Crippen LogP contribution in [0.25, 0.3) is 0 Å². The maximum atomic E-state index is 12.7. The van der Waals surface area contributed by atoms with Crippen molar-refractivity contribution in [1.82, 2.24) is 4.90 Å². The van der Waals surface area contributed by atoms with Crippen LogP contribution in [0.15, 0.2) is 0 Å². The second-order valence-corrected chi connectivity index (χ2v) is 14.4. The smallest absolute Gasteiger partial charge is 0.226 e. The Morgan fingerprint density at radius 3 is 2.46 bits per heavy atom. The number of ether oxygens (including phenoxy) is 2. The molecular formula is C18H33NO4Si. The number of nitrogens with zero attached hydrogens (tertiary/aromatic N) is 1. The molecule has 3 aliphatic heterocycles. The van der Waals surface area contributed by atoms with Gasteiger partial charge < -0.3 is 18.8 Å². The molecule has 0 saturated carbocycles. The van der Waals surface area contributed by atoms with Gasteiger partial charge in [0.15, 0.2) is 14.1 Å². The largest absolute Gasteiger partial charge is 0.412 e. The second kappa shape index (κ2) is 5.53. The average Bonchev–Trinajstić information content (AvgIpc) is 2.85. The van der Waals surface area contributed by atoms with E-state index in [2.05, 4.69) is 33.9 Å². The molecule has 3 heterocycles. The number of carbonyl (C=O) groups excluding carboxylic acids is 1. The zero-order valence-corrected chi connectivity index (χ0v) is 17.4. The summed E-state index contributed by atoms with van der Waals surface area (Å²) in [6.45, 7) is 17.9. The first-order valence-corrected chi connectivity index (χ1v) is 12.1. The Kier molecular flexibility index (Phi) is 4.23. The molecule has 0 aromatic carbocycles. The number of carbonyl (C=O) groups is 1. The number of fused-ring (bicyclic) bond motifs is 3. The lowest BCUT2D eigenvalue weighted by Crippen LogP contribution is -2.59. The van der Waals surface area contributed by atoms with E-state index in [1.165, 1.54) is 0 Å². The fraction of sp³-hybridized carbons (Fsp3) is 0.944. The average molecular weight is 356 g/mol. The fourth-order valence-corrected chi connectivity index (χ4v) is 5.33. The molecule has 0 N–H and O–H groups in total. The van der Waals surface area contributed by atoms with Crippen LogP contribution < -0.4 is 0 Å². The fourth-order valence-electron chi connectivity index (χ4n) is 3.98. The normalized spacial score (nSPS) is 39.1. The van der Waals surface area contributed by atoms with E-state index < -0.39 is 14.1 Å². The third-order valence-corrected chi connectivity index (χ3v) is 10.7. The van der Waals surface area contributed by atoms with Gasteiger partial charge in [-0.3, -0.25) is 4.79 Å². The highest BCUT2D eigenvalue weighted by atomic mass is 28.4. The first kappa shape index (κ1) is 18.4. The van der Waals surface area contributed by atoms with Gasteiger partial charge in [-0.25, -0.2) is 0 Å². The summed E-state index contributed by atoms with van der Waals surface area (Å²) in [5.74, 6) is -0.355. The van der Waals surface area contributed by atoms with E-state index in [1.54, 1.807) is 0 Å². The lowest BCUT2D eigenvalue weighted by Gasteiger charge is -2.47. The molecular weight excluding hydrogens is 322 g/mol. The minimum absolute atomic E-state index is 0.00264. The highest BCUT2D eigenvalue weighted by Gasteiger charge is 2.59. The zero-order chi connectivity index (χ0) is 18.1. The Balaban J connectivity index is 1.87. The van der Waals surface area contributed by atoms with Crippen LogP contribution in [-0.4, -0.2) is 55.8 Å². The molecule has 0 aliphatic carbocycles. The van der Waals surface area contributed by atoms with Crippen LogP contribution in [0.2, 0.25) is 18.1 Å². The summed E-state index contributed by atoms with van der Waals surface area (Å²) in [5.41, 5.74) is 0. The first-order valence-electron chi connectivity index (χ1n) is 9.16. The van der Waals surface area contributed by atoms with Gasteiger partial charge in [0, 0.05) is 5.92 Å². The molecule has 3 rings (SSSR count). The number of rotatable bonds is 2. The molecule has 3 fully saturated rings. The number of amides is 1. The predicted octanol–water partition coefficient (Wildman–Crippen LogP) is 3.15.